The summed E-state index contributed by atoms with van der Waals surface area (Å²) in [5.41, 5.74) is 7.25. The van der Waals surface area contributed by atoms with Crippen LogP contribution >= 0.6 is 11.6 Å². The molecule has 0 spiro atoms. The van der Waals surface area contributed by atoms with Crippen LogP contribution in [0, 0.1) is 5.92 Å². The second-order valence-electron chi connectivity index (χ2n) is 5.07. The van der Waals surface area contributed by atoms with Crippen molar-refractivity contribution in [3.63, 3.8) is 0 Å². The molecule has 0 amide bonds. The van der Waals surface area contributed by atoms with E-state index in [9.17, 15) is 0 Å². The fourth-order valence-electron chi connectivity index (χ4n) is 1.68. The van der Waals surface area contributed by atoms with Crippen molar-refractivity contribution in [3.05, 3.63) is 28.8 Å². The minimum absolute atomic E-state index is 0.155. The van der Waals surface area contributed by atoms with Crippen molar-refractivity contribution in [1.29, 1.82) is 0 Å². The Labute approximate surface area is 121 Å². The molecule has 2 N–H and O–H groups in total. The maximum atomic E-state index is 6.12. The van der Waals surface area contributed by atoms with Gasteiger partial charge in [-0.25, -0.2) is 0 Å². The lowest BCUT2D eigenvalue weighted by Crippen LogP contribution is -2.28. The van der Waals surface area contributed by atoms with E-state index in [-0.39, 0.29) is 6.04 Å². The SMILES string of the molecule is COCCCOc1cc(C[C@H](N)C(C)C)ccc1Cl. The summed E-state index contributed by atoms with van der Waals surface area (Å²) in [7, 11) is 1.68. The summed E-state index contributed by atoms with van der Waals surface area (Å²) in [4.78, 5) is 0. The molecule has 0 unspecified atom stereocenters. The number of rotatable bonds is 8. The Kier molecular flexibility index (Phi) is 7.21. The first kappa shape index (κ1) is 16.3. The molecular weight excluding hydrogens is 262 g/mol. The highest BCUT2D eigenvalue weighted by atomic mass is 35.5. The quantitative estimate of drug-likeness (QED) is 0.746. The Bertz CT molecular complexity index is 382. The maximum absolute atomic E-state index is 6.12. The highest BCUT2D eigenvalue weighted by Gasteiger charge is 2.10. The van der Waals surface area contributed by atoms with E-state index in [1.165, 1.54) is 0 Å². The largest absolute Gasteiger partial charge is 0.492 e. The van der Waals surface area contributed by atoms with Crippen LogP contribution in [0.4, 0.5) is 0 Å². The van der Waals surface area contributed by atoms with Gasteiger partial charge in [0.05, 0.1) is 11.6 Å². The van der Waals surface area contributed by atoms with E-state index in [1.807, 2.05) is 18.2 Å². The summed E-state index contributed by atoms with van der Waals surface area (Å²) in [5.74, 6) is 1.19. The molecule has 0 bridgehead atoms. The van der Waals surface area contributed by atoms with Crippen LogP contribution in [0.25, 0.3) is 0 Å². The van der Waals surface area contributed by atoms with Crippen molar-refractivity contribution >= 4 is 11.6 Å². The van der Waals surface area contributed by atoms with Gasteiger partial charge in [0.1, 0.15) is 5.75 Å². The minimum atomic E-state index is 0.155. The number of ether oxygens (including phenoxy) is 2. The van der Waals surface area contributed by atoms with Crippen LogP contribution in [-0.4, -0.2) is 26.4 Å². The van der Waals surface area contributed by atoms with Gasteiger partial charge in [0.2, 0.25) is 0 Å². The highest BCUT2D eigenvalue weighted by molar-refractivity contribution is 6.32. The van der Waals surface area contributed by atoms with Crippen molar-refractivity contribution in [3.8, 4) is 5.75 Å². The average molecular weight is 286 g/mol. The molecule has 0 heterocycles. The smallest absolute Gasteiger partial charge is 0.138 e. The van der Waals surface area contributed by atoms with Crippen LogP contribution in [-0.2, 0) is 11.2 Å². The van der Waals surface area contributed by atoms with E-state index in [0.717, 1.165) is 24.2 Å². The lowest BCUT2D eigenvalue weighted by molar-refractivity contribution is 0.172. The first-order chi connectivity index (χ1) is 9.04. The number of benzene rings is 1. The lowest BCUT2D eigenvalue weighted by Gasteiger charge is -2.16. The van der Waals surface area contributed by atoms with Gasteiger partial charge in [0.25, 0.3) is 0 Å². The molecule has 19 heavy (non-hydrogen) atoms. The molecule has 0 aromatic heterocycles. The van der Waals surface area contributed by atoms with E-state index >= 15 is 0 Å². The van der Waals surface area contributed by atoms with Crippen molar-refractivity contribution in [2.75, 3.05) is 20.3 Å². The Morgan fingerprint density at radius 3 is 2.63 bits per heavy atom. The van der Waals surface area contributed by atoms with Gasteiger partial charge in [-0.3, -0.25) is 0 Å². The number of hydrogen-bond donors (Lipinski definition) is 1. The first-order valence-electron chi connectivity index (χ1n) is 6.70. The lowest BCUT2D eigenvalue weighted by atomic mass is 9.97. The summed E-state index contributed by atoms with van der Waals surface area (Å²) in [5, 5.41) is 0.638. The zero-order chi connectivity index (χ0) is 14.3. The van der Waals surface area contributed by atoms with E-state index in [0.29, 0.717) is 24.2 Å². The summed E-state index contributed by atoms with van der Waals surface area (Å²) in [6.45, 7) is 5.55. The van der Waals surface area contributed by atoms with Crippen LogP contribution in [0.2, 0.25) is 5.02 Å². The number of nitrogens with two attached hydrogens (primary N) is 1. The van der Waals surface area contributed by atoms with E-state index < -0.39 is 0 Å². The van der Waals surface area contributed by atoms with Crippen molar-refractivity contribution in [2.24, 2.45) is 11.7 Å². The van der Waals surface area contributed by atoms with Gasteiger partial charge in [-0.2, -0.15) is 0 Å². The van der Waals surface area contributed by atoms with Gasteiger partial charge < -0.3 is 15.2 Å². The van der Waals surface area contributed by atoms with Crippen LogP contribution in [0.3, 0.4) is 0 Å². The van der Waals surface area contributed by atoms with Crippen LogP contribution in [0.15, 0.2) is 18.2 Å². The zero-order valence-corrected chi connectivity index (χ0v) is 12.7. The van der Waals surface area contributed by atoms with Gasteiger partial charge in [0.15, 0.2) is 0 Å². The van der Waals surface area contributed by atoms with Gasteiger partial charge in [-0.1, -0.05) is 31.5 Å². The maximum Gasteiger partial charge on any atom is 0.138 e. The molecule has 0 aliphatic carbocycles. The van der Waals surface area contributed by atoms with Crippen LogP contribution in [0.1, 0.15) is 25.8 Å². The molecule has 3 nitrogen and oxygen atoms in total. The third-order valence-corrected chi connectivity index (χ3v) is 3.39. The number of methoxy groups -OCH3 is 1. The zero-order valence-electron chi connectivity index (χ0n) is 12.0. The summed E-state index contributed by atoms with van der Waals surface area (Å²) >= 11 is 6.12. The topological polar surface area (TPSA) is 44.5 Å². The standard InChI is InChI=1S/C15H24ClNO2/c1-11(2)14(17)9-12-5-6-13(16)15(10-12)19-8-4-7-18-3/h5-6,10-11,14H,4,7-9,17H2,1-3H3/t14-/m0/s1. The Morgan fingerprint density at radius 1 is 1.26 bits per heavy atom. The van der Waals surface area contributed by atoms with E-state index in [2.05, 4.69) is 13.8 Å². The third-order valence-electron chi connectivity index (χ3n) is 3.07. The molecule has 0 saturated heterocycles. The fourth-order valence-corrected chi connectivity index (χ4v) is 1.85. The minimum Gasteiger partial charge on any atom is -0.492 e. The Hall–Kier alpha value is -0.770. The normalized spacial score (nSPS) is 12.7. The van der Waals surface area contributed by atoms with Crippen molar-refractivity contribution in [2.45, 2.75) is 32.7 Å². The predicted molar refractivity (Wildman–Crippen MR) is 80.0 cm³/mol. The second-order valence-corrected chi connectivity index (χ2v) is 5.48. The van der Waals surface area contributed by atoms with Crippen LogP contribution in [0.5, 0.6) is 5.75 Å². The molecule has 0 fully saturated rings. The molecule has 1 aromatic carbocycles. The monoisotopic (exact) mass is 285 g/mol. The van der Waals surface area contributed by atoms with Gasteiger partial charge in [-0.15, -0.1) is 0 Å². The molecule has 0 saturated carbocycles. The van der Waals surface area contributed by atoms with Gasteiger partial charge in [-0.05, 0) is 30.0 Å². The molecule has 108 valence electrons. The van der Waals surface area contributed by atoms with E-state index in [4.69, 9.17) is 26.8 Å². The summed E-state index contributed by atoms with van der Waals surface area (Å²) in [6.07, 6.45) is 1.69. The third kappa shape index (κ3) is 5.81. The highest BCUT2D eigenvalue weighted by Crippen LogP contribution is 2.26. The Morgan fingerprint density at radius 2 is 2.00 bits per heavy atom. The average Bonchev–Trinajstić information content (AvgIpc) is 2.38. The molecular formula is C15H24ClNO2. The molecule has 0 radical (unpaired) electrons. The van der Waals surface area contributed by atoms with Crippen molar-refractivity contribution < 1.29 is 9.47 Å². The predicted octanol–water partition coefficient (Wildman–Crippen LogP) is 3.28. The van der Waals surface area contributed by atoms with E-state index in [1.54, 1.807) is 7.11 Å². The molecule has 4 heteroatoms. The first-order valence-corrected chi connectivity index (χ1v) is 7.08. The summed E-state index contributed by atoms with van der Waals surface area (Å²) in [6, 6.07) is 6.02. The molecule has 1 aromatic rings. The van der Waals surface area contributed by atoms with Crippen LogP contribution < -0.4 is 10.5 Å². The molecule has 1 rings (SSSR count). The van der Waals surface area contributed by atoms with Gasteiger partial charge in [0, 0.05) is 26.2 Å². The van der Waals surface area contributed by atoms with Gasteiger partial charge >= 0.3 is 0 Å². The number of halogens is 1. The Balaban J connectivity index is 2.60. The second kappa shape index (κ2) is 8.41. The summed E-state index contributed by atoms with van der Waals surface area (Å²) < 4.78 is 10.7. The number of hydrogen-bond acceptors (Lipinski definition) is 3. The molecule has 0 aliphatic rings. The fraction of sp³-hybridized carbons (Fsp3) is 0.600. The molecule has 1 atom stereocenters. The van der Waals surface area contributed by atoms with Crippen molar-refractivity contribution in [1.82, 2.24) is 0 Å². The molecule has 0 aliphatic heterocycles.